The molecule has 2 fully saturated rings. The van der Waals surface area contributed by atoms with Crippen molar-refractivity contribution in [1.29, 1.82) is 0 Å². The molecule has 0 aromatic carbocycles. The zero-order valence-corrected chi connectivity index (χ0v) is 22.6. The first-order valence-corrected chi connectivity index (χ1v) is 12.5. The second-order valence-electron chi connectivity index (χ2n) is 7.88. The fourth-order valence-corrected chi connectivity index (χ4v) is 3.97. The molecule has 0 bridgehead atoms. The van der Waals surface area contributed by atoms with Gasteiger partial charge in [-0.2, -0.15) is 13.2 Å². The van der Waals surface area contributed by atoms with Gasteiger partial charge in [-0.05, 0) is 56.1 Å². The van der Waals surface area contributed by atoms with Crippen molar-refractivity contribution in [3.63, 3.8) is 0 Å². The van der Waals surface area contributed by atoms with Crippen molar-refractivity contribution >= 4 is 11.8 Å². The van der Waals surface area contributed by atoms with E-state index >= 15 is 0 Å². The number of carbonyl (C=O) groups is 1. The fraction of sp³-hybridized carbons (Fsp3) is 0.643. The Bertz CT molecular complexity index is 735. The van der Waals surface area contributed by atoms with E-state index in [1.807, 2.05) is 27.7 Å². The van der Waals surface area contributed by atoms with Gasteiger partial charge in [0.1, 0.15) is 0 Å². The molecule has 4 nitrogen and oxygen atoms in total. The third-order valence-corrected chi connectivity index (χ3v) is 5.70. The van der Waals surface area contributed by atoms with Crippen molar-refractivity contribution in [2.24, 2.45) is 16.3 Å². The van der Waals surface area contributed by atoms with E-state index in [2.05, 4.69) is 23.2 Å². The minimum absolute atomic E-state index is 0.00160. The molecule has 0 unspecified atom stereocenters. The third-order valence-electron chi connectivity index (χ3n) is 5.70. The molecular formula is C28H45F3N2O2. The van der Waals surface area contributed by atoms with E-state index in [1.165, 1.54) is 26.4 Å². The molecule has 0 aromatic rings. The third kappa shape index (κ3) is 12.2. The smallest absolute Gasteiger partial charge is 0.416 e. The zero-order valence-electron chi connectivity index (χ0n) is 22.6. The van der Waals surface area contributed by atoms with Crippen molar-refractivity contribution in [2.75, 3.05) is 20.2 Å². The summed E-state index contributed by atoms with van der Waals surface area (Å²) in [5.41, 5.74) is 0.149. The van der Waals surface area contributed by atoms with E-state index in [0.717, 1.165) is 25.0 Å². The first-order chi connectivity index (χ1) is 16.7. The predicted octanol–water partition coefficient (Wildman–Crippen LogP) is 7.43. The van der Waals surface area contributed by atoms with Gasteiger partial charge >= 0.3 is 6.18 Å². The van der Waals surface area contributed by atoms with Crippen LogP contribution in [0.3, 0.4) is 0 Å². The van der Waals surface area contributed by atoms with E-state index in [-0.39, 0.29) is 31.3 Å². The van der Waals surface area contributed by atoms with Gasteiger partial charge in [0.05, 0.1) is 25.8 Å². The lowest BCUT2D eigenvalue weighted by atomic mass is 9.51. The molecule has 2 aliphatic rings. The number of nitrogens with zero attached hydrogens (tertiary/aromatic N) is 1. The van der Waals surface area contributed by atoms with Crippen LogP contribution < -0.4 is 5.32 Å². The lowest BCUT2D eigenvalue weighted by Gasteiger charge is -2.53. The van der Waals surface area contributed by atoms with E-state index in [1.54, 1.807) is 26.0 Å². The maximum atomic E-state index is 13.1. The summed E-state index contributed by atoms with van der Waals surface area (Å²) >= 11 is 0. The molecular weight excluding hydrogens is 453 g/mol. The summed E-state index contributed by atoms with van der Waals surface area (Å²) in [5.74, 6) is 0.349. The van der Waals surface area contributed by atoms with Gasteiger partial charge in [0.25, 0.3) is 0 Å². The largest absolute Gasteiger partial charge is 0.483 e. The highest BCUT2D eigenvalue weighted by molar-refractivity contribution is 5.86. The van der Waals surface area contributed by atoms with Crippen molar-refractivity contribution in [3.8, 4) is 12.8 Å². The summed E-state index contributed by atoms with van der Waals surface area (Å²) in [4.78, 5) is 16.5. The normalized spacial score (nSPS) is 17.4. The van der Waals surface area contributed by atoms with Gasteiger partial charge in [0.15, 0.2) is 0 Å². The number of hydrogen-bond acceptors (Lipinski definition) is 3. The Balaban J connectivity index is 0. The van der Waals surface area contributed by atoms with Crippen LogP contribution in [0.15, 0.2) is 40.4 Å². The van der Waals surface area contributed by atoms with Crippen LogP contribution in [0.4, 0.5) is 13.2 Å². The van der Waals surface area contributed by atoms with Gasteiger partial charge in [-0.25, -0.2) is 4.99 Å². The highest BCUT2D eigenvalue weighted by Gasteiger charge is 2.50. The molecule has 0 radical (unpaired) electrons. The number of aliphatic imine (C=N–C) groups is 1. The number of nitrogens with one attached hydrogen (secondary N) is 1. The first-order valence-electron chi connectivity index (χ1n) is 12.5. The van der Waals surface area contributed by atoms with Crippen molar-refractivity contribution < 1.29 is 22.7 Å². The van der Waals surface area contributed by atoms with E-state index in [9.17, 15) is 18.0 Å². The Morgan fingerprint density at radius 1 is 1.17 bits per heavy atom. The zero-order chi connectivity index (χ0) is 27.5. The Morgan fingerprint density at radius 2 is 1.74 bits per heavy atom. The molecule has 1 amide bonds. The maximum absolute atomic E-state index is 13.1. The Morgan fingerprint density at radius 3 is 2.14 bits per heavy atom. The SMILES string of the molecule is C#C.CC.CC.C\C=C/C(=C\C(=C\CC)C(F)(F)F)CN=C(CNC(=O)C1CC2(CCC2)C1)OC. The summed E-state index contributed by atoms with van der Waals surface area (Å²) in [7, 11) is 1.44. The molecule has 0 heterocycles. The van der Waals surface area contributed by atoms with Crippen LogP contribution in [0.2, 0.25) is 0 Å². The molecule has 200 valence electrons. The molecule has 0 aliphatic heterocycles. The van der Waals surface area contributed by atoms with E-state index in [0.29, 0.717) is 16.9 Å². The lowest BCUT2D eigenvalue weighted by molar-refractivity contribution is -0.136. The highest BCUT2D eigenvalue weighted by atomic mass is 19.4. The molecule has 0 aromatic heterocycles. The van der Waals surface area contributed by atoms with Gasteiger partial charge in [-0.15, -0.1) is 12.8 Å². The highest BCUT2D eigenvalue weighted by Crippen LogP contribution is 2.58. The van der Waals surface area contributed by atoms with Crippen LogP contribution in [0.25, 0.3) is 0 Å². The molecule has 7 heteroatoms. The molecule has 35 heavy (non-hydrogen) atoms. The number of rotatable bonds is 8. The van der Waals surface area contributed by atoms with Gasteiger partial charge in [-0.1, -0.05) is 59.3 Å². The topological polar surface area (TPSA) is 50.7 Å². The molecule has 1 spiro atoms. The van der Waals surface area contributed by atoms with Crippen molar-refractivity contribution in [2.45, 2.75) is 86.2 Å². The number of amides is 1. The second kappa shape index (κ2) is 18.8. The minimum Gasteiger partial charge on any atom is -0.483 e. The number of alkyl halides is 3. The van der Waals surface area contributed by atoms with Crippen LogP contribution in [0.1, 0.15) is 80.1 Å². The summed E-state index contributed by atoms with van der Waals surface area (Å²) < 4.78 is 44.6. The number of terminal acetylenes is 1. The van der Waals surface area contributed by atoms with Gasteiger partial charge in [0.2, 0.25) is 11.8 Å². The summed E-state index contributed by atoms with van der Waals surface area (Å²) in [6, 6.07) is 0. The standard InChI is InChI=1S/C22H31F3N2O2.2C2H6.C2H2/c1-4-7-16(11-18(8-5-2)22(23,24)25)14-26-19(29-3)15-27-20(28)17-12-21(13-17)9-6-10-21;3*1-2/h4,7-8,11,17H,5-6,9-10,12-15H2,1-3H3,(H,27,28);2*1-2H3;1-2H/b7-4-,16-11+,18-8-,26-19?;;;. The molecule has 2 saturated carbocycles. The molecule has 1 N–H and O–H groups in total. The van der Waals surface area contributed by atoms with Crippen molar-refractivity contribution in [1.82, 2.24) is 5.32 Å². The predicted molar refractivity (Wildman–Crippen MR) is 141 cm³/mol. The Hall–Kier alpha value is -2.49. The first kappa shape index (κ1) is 34.7. The van der Waals surface area contributed by atoms with Crippen molar-refractivity contribution in [3.05, 3.63) is 35.5 Å². The minimum atomic E-state index is -4.41. The number of hydrogen-bond donors (Lipinski definition) is 1. The molecule has 2 aliphatic carbocycles. The maximum Gasteiger partial charge on any atom is 0.416 e. The summed E-state index contributed by atoms with van der Waals surface area (Å²) in [5, 5.41) is 2.84. The number of ether oxygens (including phenoxy) is 1. The van der Waals surface area contributed by atoms with E-state index < -0.39 is 11.7 Å². The van der Waals surface area contributed by atoms with Gasteiger partial charge < -0.3 is 10.1 Å². The van der Waals surface area contributed by atoms with Crippen LogP contribution in [-0.2, 0) is 9.53 Å². The van der Waals surface area contributed by atoms with Crippen LogP contribution in [-0.4, -0.2) is 38.2 Å². The monoisotopic (exact) mass is 498 g/mol. The van der Waals surface area contributed by atoms with Crippen LogP contribution in [0.5, 0.6) is 0 Å². The summed E-state index contributed by atoms with van der Waals surface area (Å²) in [6.07, 6.45) is 15.0. The molecule has 0 saturated heterocycles. The average Bonchev–Trinajstić information content (AvgIpc) is 2.80. The van der Waals surface area contributed by atoms with Gasteiger partial charge in [-0.3, -0.25) is 4.79 Å². The Labute approximate surface area is 211 Å². The Kier molecular flexibility index (Phi) is 18.6. The number of halogens is 3. The number of allylic oxidation sites excluding steroid dienone is 4. The molecule has 0 atom stereocenters. The van der Waals surface area contributed by atoms with Gasteiger partial charge in [0, 0.05) is 5.92 Å². The quantitative estimate of drug-likeness (QED) is 0.164. The van der Waals surface area contributed by atoms with Crippen LogP contribution in [0, 0.1) is 24.2 Å². The lowest BCUT2D eigenvalue weighted by Crippen LogP contribution is -2.49. The molecule has 2 rings (SSSR count). The second-order valence-corrected chi connectivity index (χ2v) is 7.88. The average molecular weight is 499 g/mol. The fourth-order valence-electron chi connectivity index (χ4n) is 3.97. The van der Waals surface area contributed by atoms with Crippen LogP contribution >= 0.6 is 0 Å². The number of methoxy groups -OCH3 is 1. The van der Waals surface area contributed by atoms with E-state index in [4.69, 9.17) is 4.74 Å². The summed E-state index contributed by atoms with van der Waals surface area (Å²) in [6.45, 7) is 11.6. The number of carbonyl (C=O) groups excluding carboxylic acids is 1.